The quantitative estimate of drug-likeness (QED) is 0.774. The van der Waals surface area contributed by atoms with Gasteiger partial charge in [-0.3, -0.25) is 9.59 Å². The Morgan fingerprint density at radius 2 is 2.33 bits per heavy atom. The van der Waals surface area contributed by atoms with E-state index in [0.717, 1.165) is 4.47 Å². The number of nitrogens with one attached hydrogen (secondary N) is 2. The monoisotopic (exact) mass is 271 g/mol. The fourth-order valence-corrected chi connectivity index (χ4v) is 1.82. The van der Waals surface area contributed by atoms with E-state index < -0.39 is 0 Å². The highest BCUT2D eigenvalue weighted by Gasteiger charge is 2.22. The summed E-state index contributed by atoms with van der Waals surface area (Å²) in [7, 11) is 0. The Hall–Kier alpha value is -1.30. The molecule has 2 heterocycles. The van der Waals surface area contributed by atoms with Crippen LogP contribution >= 0.6 is 15.9 Å². The van der Waals surface area contributed by atoms with Crippen molar-refractivity contribution in [2.45, 2.75) is 0 Å². The molecule has 5 nitrogen and oxygen atoms in total. The van der Waals surface area contributed by atoms with Crippen molar-refractivity contribution < 1.29 is 9.59 Å². The van der Waals surface area contributed by atoms with Gasteiger partial charge in [0.25, 0.3) is 5.91 Å². The van der Waals surface area contributed by atoms with E-state index in [9.17, 15) is 9.59 Å². The van der Waals surface area contributed by atoms with Gasteiger partial charge < -0.3 is 15.2 Å². The smallest absolute Gasteiger partial charge is 0.270 e. The number of halogens is 1. The van der Waals surface area contributed by atoms with Gasteiger partial charge in [-0.1, -0.05) is 0 Å². The molecule has 2 N–H and O–H groups in total. The third-order valence-corrected chi connectivity index (χ3v) is 2.66. The molecule has 1 fully saturated rings. The highest BCUT2D eigenvalue weighted by molar-refractivity contribution is 9.10. The van der Waals surface area contributed by atoms with Gasteiger partial charge >= 0.3 is 0 Å². The molecule has 1 aromatic heterocycles. The minimum absolute atomic E-state index is 0.111. The maximum atomic E-state index is 11.9. The molecule has 0 spiro atoms. The van der Waals surface area contributed by atoms with Gasteiger partial charge in [0.2, 0.25) is 5.91 Å². The summed E-state index contributed by atoms with van der Waals surface area (Å²) in [5, 5.41) is 2.67. The first-order chi connectivity index (χ1) is 7.16. The zero-order valence-electron chi connectivity index (χ0n) is 7.92. The second-order valence-corrected chi connectivity index (χ2v) is 4.22. The summed E-state index contributed by atoms with van der Waals surface area (Å²) in [4.78, 5) is 27.3. The Morgan fingerprint density at radius 3 is 2.93 bits per heavy atom. The molecule has 6 heteroatoms. The molecular weight excluding hydrogens is 262 g/mol. The highest BCUT2D eigenvalue weighted by Crippen LogP contribution is 2.12. The largest absolute Gasteiger partial charge is 0.356 e. The van der Waals surface area contributed by atoms with Crippen molar-refractivity contribution in [3.8, 4) is 0 Å². The van der Waals surface area contributed by atoms with Gasteiger partial charge in [0, 0.05) is 23.8 Å². The molecular formula is C9H10BrN3O2. The first-order valence-electron chi connectivity index (χ1n) is 4.57. The number of nitrogens with zero attached hydrogens (tertiary/aromatic N) is 1. The lowest BCUT2D eigenvalue weighted by molar-refractivity contribution is -0.123. The Balaban J connectivity index is 2.10. The van der Waals surface area contributed by atoms with Crippen molar-refractivity contribution in [3.63, 3.8) is 0 Å². The van der Waals surface area contributed by atoms with Crippen LogP contribution in [0.5, 0.6) is 0 Å². The summed E-state index contributed by atoms with van der Waals surface area (Å²) < 4.78 is 0.826. The average molecular weight is 272 g/mol. The molecule has 0 bridgehead atoms. The van der Waals surface area contributed by atoms with Crippen molar-refractivity contribution in [2.75, 3.05) is 19.6 Å². The van der Waals surface area contributed by atoms with Gasteiger partial charge in [0.1, 0.15) is 5.69 Å². The van der Waals surface area contributed by atoms with Crippen LogP contribution in [0.15, 0.2) is 16.7 Å². The van der Waals surface area contributed by atoms with Crippen LogP contribution in [0.25, 0.3) is 0 Å². The number of carbonyl (C=O) groups is 2. The van der Waals surface area contributed by atoms with Gasteiger partial charge in [-0.15, -0.1) is 0 Å². The van der Waals surface area contributed by atoms with E-state index in [1.165, 1.54) is 4.90 Å². The molecule has 0 radical (unpaired) electrons. The topological polar surface area (TPSA) is 65.2 Å². The van der Waals surface area contributed by atoms with E-state index in [1.807, 2.05) is 0 Å². The number of piperazine rings is 1. The summed E-state index contributed by atoms with van der Waals surface area (Å²) >= 11 is 3.26. The predicted molar refractivity (Wildman–Crippen MR) is 57.4 cm³/mol. The van der Waals surface area contributed by atoms with E-state index >= 15 is 0 Å². The lowest BCUT2D eigenvalue weighted by atomic mass is 10.3. The van der Waals surface area contributed by atoms with Gasteiger partial charge in [-0.05, 0) is 22.0 Å². The molecule has 1 saturated heterocycles. The summed E-state index contributed by atoms with van der Waals surface area (Å²) in [6.45, 7) is 1.21. The Labute approximate surface area is 95.0 Å². The molecule has 0 aliphatic carbocycles. The SMILES string of the molecule is O=C1CN(C(=O)c2cc(Br)c[nH]2)CCN1. The minimum atomic E-state index is -0.143. The van der Waals surface area contributed by atoms with Crippen LogP contribution < -0.4 is 5.32 Å². The minimum Gasteiger partial charge on any atom is -0.356 e. The molecule has 2 rings (SSSR count). The summed E-state index contributed by atoms with van der Waals surface area (Å²) in [5.74, 6) is -0.254. The molecule has 0 saturated carbocycles. The van der Waals surface area contributed by atoms with Gasteiger partial charge in [0.15, 0.2) is 0 Å². The van der Waals surface area contributed by atoms with E-state index in [0.29, 0.717) is 18.8 Å². The van der Waals surface area contributed by atoms with Gasteiger partial charge in [0.05, 0.1) is 6.54 Å². The van der Waals surface area contributed by atoms with Gasteiger partial charge in [-0.25, -0.2) is 0 Å². The molecule has 1 aromatic rings. The van der Waals surface area contributed by atoms with Crippen molar-refractivity contribution >= 4 is 27.7 Å². The summed E-state index contributed by atoms with van der Waals surface area (Å²) in [5.41, 5.74) is 0.497. The molecule has 0 aromatic carbocycles. The lowest BCUT2D eigenvalue weighted by Gasteiger charge is -2.26. The number of aromatic amines is 1. The maximum absolute atomic E-state index is 11.9. The Bertz CT molecular complexity index is 402. The van der Waals surface area contributed by atoms with Crippen LogP contribution in [0.3, 0.4) is 0 Å². The summed E-state index contributed by atoms with van der Waals surface area (Å²) in [6, 6.07) is 1.70. The number of aromatic nitrogens is 1. The standard InChI is InChI=1S/C9H10BrN3O2/c10-6-3-7(12-4-6)9(15)13-2-1-11-8(14)5-13/h3-4,12H,1-2,5H2,(H,11,14). The number of amides is 2. The molecule has 15 heavy (non-hydrogen) atoms. The first kappa shape index (κ1) is 10.2. The number of hydrogen-bond acceptors (Lipinski definition) is 2. The van der Waals surface area contributed by atoms with Crippen LogP contribution in [-0.2, 0) is 4.79 Å². The van der Waals surface area contributed by atoms with E-state index in [2.05, 4.69) is 26.2 Å². The number of carbonyl (C=O) groups excluding carboxylic acids is 2. The summed E-state index contributed by atoms with van der Waals surface area (Å²) in [6.07, 6.45) is 1.69. The number of H-pyrrole nitrogens is 1. The van der Waals surface area contributed by atoms with Crippen LogP contribution in [0, 0.1) is 0 Å². The fourth-order valence-electron chi connectivity index (χ4n) is 1.47. The molecule has 0 unspecified atom stereocenters. The molecule has 80 valence electrons. The van der Waals surface area contributed by atoms with Crippen LogP contribution in [0.1, 0.15) is 10.5 Å². The second-order valence-electron chi connectivity index (χ2n) is 3.31. The van der Waals surface area contributed by atoms with Crippen LogP contribution in [-0.4, -0.2) is 41.3 Å². The van der Waals surface area contributed by atoms with Crippen molar-refractivity contribution in [1.29, 1.82) is 0 Å². The zero-order valence-corrected chi connectivity index (χ0v) is 9.50. The molecule has 1 aliphatic rings. The van der Waals surface area contributed by atoms with Crippen LogP contribution in [0.2, 0.25) is 0 Å². The van der Waals surface area contributed by atoms with Crippen molar-refractivity contribution in [2.24, 2.45) is 0 Å². The number of rotatable bonds is 1. The normalized spacial score (nSPS) is 16.3. The van der Waals surface area contributed by atoms with E-state index in [1.54, 1.807) is 12.3 Å². The lowest BCUT2D eigenvalue weighted by Crippen LogP contribution is -2.50. The van der Waals surface area contributed by atoms with Crippen LogP contribution in [0.4, 0.5) is 0 Å². The van der Waals surface area contributed by atoms with Crippen molar-refractivity contribution in [3.05, 3.63) is 22.4 Å². The molecule has 1 aliphatic heterocycles. The fraction of sp³-hybridized carbons (Fsp3) is 0.333. The molecule has 0 atom stereocenters. The van der Waals surface area contributed by atoms with E-state index in [-0.39, 0.29) is 18.4 Å². The number of hydrogen-bond donors (Lipinski definition) is 2. The van der Waals surface area contributed by atoms with E-state index in [4.69, 9.17) is 0 Å². The predicted octanol–water partition coefficient (Wildman–Crippen LogP) is 0.349. The highest BCUT2D eigenvalue weighted by atomic mass is 79.9. The Kier molecular flexibility index (Phi) is 2.77. The Morgan fingerprint density at radius 1 is 1.53 bits per heavy atom. The first-order valence-corrected chi connectivity index (χ1v) is 5.36. The van der Waals surface area contributed by atoms with Crippen molar-refractivity contribution in [1.82, 2.24) is 15.2 Å². The zero-order chi connectivity index (χ0) is 10.8. The maximum Gasteiger partial charge on any atom is 0.270 e. The molecule has 2 amide bonds. The average Bonchev–Trinajstić information content (AvgIpc) is 2.64. The second kappa shape index (κ2) is 4.06. The third-order valence-electron chi connectivity index (χ3n) is 2.20. The van der Waals surface area contributed by atoms with Gasteiger partial charge in [-0.2, -0.15) is 0 Å². The third kappa shape index (κ3) is 2.20.